The molecule has 0 aliphatic rings. The highest BCUT2D eigenvalue weighted by Crippen LogP contribution is 2.47. The number of carboxylic acids is 1. The number of hydrogen-bond donors (Lipinski definition) is 1. The van der Waals surface area contributed by atoms with Crippen LogP contribution in [0.15, 0.2) is 87.8 Å². The lowest BCUT2D eigenvalue weighted by molar-refractivity contribution is -0.136. The molecule has 0 saturated heterocycles. The first kappa shape index (κ1) is 29.4. The molecule has 4 aromatic carbocycles. The lowest BCUT2D eigenvalue weighted by Gasteiger charge is -2.25. The fourth-order valence-corrected chi connectivity index (χ4v) is 7.39. The number of thioether (sulfide) groups is 1. The minimum absolute atomic E-state index is 0.0452. The zero-order chi connectivity index (χ0) is 28.1. The molecule has 0 spiro atoms. The normalized spacial score (nSPS) is 12.0. The predicted molar refractivity (Wildman–Crippen MR) is 169 cm³/mol. The molecule has 0 amide bonds. The summed E-state index contributed by atoms with van der Waals surface area (Å²) in [7, 11) is 0. The number of halogens is 2. The second kappa shape index (κ2) is 13.2. The molecule has 1 unspecified atom stereocenters. The van der Waals surface area contributed by atoms with Crippen LogP contribution in [-0.4, -0.2) is 11.1 Å². The molecule has 202 valence electrons. The summed E-state index contributed by atoms with van der Waals surface area (Å²) in [4.78, 5) is 11.3. The molecule has 0 aromatic heterocycles. The number of hydrogen-bond acceptors (Lipinski definition) is 3. The molecule has 0 fully saturated rings. The van der Waals surface area contributed by atoms with Gasteiger partial charge in [-0.15, -0.1) is 11.8 Å². The van der Waals surface area contributed by atoms with E-state index >= 15 is 0 Å². The van der Waals surface area contributed by atoms with Gasteiger partial charge in [-0.25, -0.2) is 0 Å². The molecule has 0 saturated carbocycles. The first-order valence-corrected chi connectivity index (χ1v) is 15.5. The van der Waals surface area contributed by atoms with E-state index in [1.54, 1.807) is 0 Å². The van der Waals surface area contributed by atoms with Gasteiger partial charge in [0.05, 0.1) is 20.6 Å². The number of benzene rings is 4. The van der Waals surface area contributed by atoms with Crippen LogP contribution in [0.1, 0.15) is 64.0 Å². The molecular weight excluding hydrogens is 636 g/mol. The van der Waals surface area contributed by atoms with Gasteiger partial charge in [0.2, 0.25) is 0 Å². The number of carbonyl (C=O) groups is 1. The van der Waals surface area contributed by atoms with Crippen LogP contribution in [0.3, 0.4) is 0 Å². The fraction of sp³-hybridized carbons (Fsp3) is 0.242. The van der Waals surface area contributed by atoms with E-state index in [4.69, 9.17) is 4.74 Å². The van der Waals surface area contributed by atoms with Crippen molar-refractivity contribution >= 4 is 49.6 Å². The van der Waals surface area contributed by atoms with Crippen molar-refractivity contribution in [2.75, 3.05) is 0 Å². The van der Waals surface area contributed by atoms with E-state index in [0.29, 0.717) is 26.2 Å². The number of aryl methyl sites for hydroxylation is 2. The number of ether oxygens (including phenoxy) is 1. The molecule has 0 aliphatic heterocycles. The quantitative estimate of drug-likeness (QED) is 0.183. The maximum absolute atomic E-state index is 11.3. The van der Waals surface area contributed by atoms with Gasteiger partial charge in [0.1, 0.15) is 5.75 Å². The summed E-state index contributed by atoms with van der Waals surface area (Å²) in [5.74, 6) is 1.74. The molecule has 6 heteroatoms. The zero-order valence-electron chi connectivity index (χ0n) is 22.5. The van der Waals surface area contributed by atoms with Crippen LogP contribution >= 0.6 is 43.6 Å². The van der Waals surface area contributed by atoms with Gasteiger partial charge in [-0.1, -0.05) is 80.1 Å². The highest BCUT2D eigenvalue weighted by atomic mass is 79.9. The van der Waals surface area contributed by atoms with Crippen molar-refractivity contribution in [3.63, 3.8) is 0 Å². The SMILES string of the molecule is Cc1cccc(C(SCc2ccccc2)c2cc(C)c(C(C)C)cc2Oc2c(Br)cc(CC(=O)O)cc2Br)c1. The Morgan fingerprint density at radius 1 is 0.872 bits per heavy atom. The van der Waals surface area contributed by atoms with E-state index in [0.717, 1.165) is 17.1 Å². The number of carboxylic acid groups (broad SMARTS) is 1. The van der Waals surface area contributed by atoms with Crippen molar-refractivity contribution in [1.29, 1.82) is 0 Å². The molecule has 1 atom stereocenters. The Hall–Kier alpha value is -2.54. The Labute approximate surface area is 252 Å². The standard InChI is InChI=1S/C33H32Br2O3S/c1-20(2)26-18-30(38-32-28(34)15-24(16-29(32)35)17-31(36)37)27(14-22(26)4)33(25-12-8-9-21(3)13-25)39-19-23-10-6-5-7-11-23/h5-16,18,20,33H,17,19H2,1-4H3,(H,36,37). The highest BCUT2D eigenvalue weighted by molar-refractivity contribution is 9.11. The van der Waals surface area contributed by atoms with Gasteiger partial charge >= 0.3 is 5.97 Å². The van der Waals surface area contributed by atoms with Crippen LogP contribution in [0.25, 0.3) is 0 Å². The second-order valence-corrected chi connectivity index (χ2v) is 12.9. The number of aliphatic carboxylic acids is 1. The Kier molecular flexibility index (Phi) is 9.97. The van der Waals surface area contributed by atoms with Crippen LogP contribution in [0, 0.1) is 13.8 Å². The summed E-state index contributed by atoms with van der Waals surface area (Å²) >= 11 is 9.15. The summed E-state index contributed by atoms with van der Waals surface area (Å²) in [5, 5.41) is 9.30. The van der Waals surface area contributed by atoms with Gasteiger partial charge in [-0.05, 0) is 97.6 Å². The monoisotopic (exact) mass is 666 g/mol. The maximum atomic E-state index is 11.3. The van der Waals surface area contributed by atoms with Crippen LogP contribution in [-0.2, 0) is 17.0 Å². The first-order chi connectivity index (χ1) is 18.6. The van der Waals surface area contributed by atoms with E-state index in [9.17, 15) is 9.90 Å². The third kappa shape index (κ3) is 7.56. The van der Waals surface area contributed by atoms with Gasteiger partial charge in [-0.3, -0.25) is 4.79 Å². The molecular formula is C33H32Br2O3S. The van der Waals surface area contributed by atoms with Gasteiger partial charge < -0.3 is 9.84 Å². The average Bonchev–Trinajstić information content (AvgIpc) is 2.87. The molecule has 39 heavy (non-hydrogen) atoms. The average molecular weight is 668 g/mol. The molecule has 0 bridgehead atoms. The predicted octanol–water partition coefficient (Wildman–Crippen LogP) is 10.4. The second-order valence-electron chi connectivity index (χ2n) is 10.1. The third-order valence-corrected chi connectivity index (χ3v) is 9.07. The highest BCUT2D eigenvalue weighted by Gasteiger charge is 2.24. The van der Waals surface area contributed by atoms with Gasteiger partial charge in [0.15, 0.2) is 5.75 Å². The summed E-state index contributed by atoms with van der Waals surface area (Å²) < 4.78 is 8.11. The molecule has 1 N–H and O–H groups in total. The van der Waals surface area contributed by atoms with Crippen molar-refractivity contribution in [2.24, 2.45) is 0 Å². The Balaban J connectivity index is 1.83. The van der Waals surface area contributed by atoms with E-state index in [-0.39, 0.29) is 11.7 Å². The lowest BCUT2D eigenvalue weighted by atomic mass is 9.92. The van der Waals surface area contributed by atoms with E-state index < -0.39 is 5.97 Å². The lowest BCUT2D eigenvalue weighted by Crippen LogP contribution is -2.05. The molecule has 4 rings (SSSR count). The van der Waals surface area contributed by atoms with Gasteiger partial charge in [-0.2, -0.15) is 0 Å². The van der Waals surface area contributed by atoms with Crippen LogP contribution in [0.5, 0.6) is 11.5 Å². The van der Waals surface area contributed by atoms with E-state index in [1.807, 2.05) is 30.0 Å². The van der Waals surface area contributed by atoms with Crippen LogP contribution in [0.4, 0.5) is 0 Å². The molecule has 4 aromatic rings. The first-order valence-electron chi connectivity index (χ1n) is 12.9. The minimum Gasteiger partial charge on any atom is -0.481 e. The Morgan fingerprint density at radius 3 is 2.18 bits per heavy atom. The smallest absolute Gasteiger partial charge is 0.307 e. The third-order valence-electron chi connectivity index (χ3n) is 6.53. The van der Waals surface area contributed by atoms with E-state index in [1.165, 1.54) is 27.8 Å². The van der Waals surface area contributed by atoms with Crippen molar-refractivity contribution in [3.8, 4) is 11.5 Å². The van der Waals surface area contributed by atoms with Crippen molar-refractivity contribution in [1.82, 2.24) is 0 Å². The molecule has 0 aliphatic carbocycles. The fourth-order valence-electron chi connectivity index (χ4n) is 4.69. The summed E-state index contributed by atoms with van der Waals surface area (Å²) in [5.41, 5.74) is 7.99. The van der Waals surface area contributed by atoms with Gasteiger partial charge in [0.25, 0.3) is 0 Å². The minimum atomic E-state index is -0.874. The summed E-state index contributed by atoms with van der Waals surface area (Å²) in [6.45, 7) is 8.69. The molecule has 0 heterocycles. The van der Waals surface area contributed by atoms with Gasteiger partial charge in [0, 0.05) is 11.3 Å². The van der Waals surface area contributed by atoms with Crippen molar-refractivity contribution in [2.45, 2.75) is 51.0 Å². The van der Waals surface area contributed by atoms with Crippen molar-refractivity contribution in [3.05, 3.63) is 127 Å². The Morgan fingerprint density at radius 2 is 1.56 bits per heavy atom. The van der Waals surface area contributed by atoms with Crippen molar-refractivity contribution < 1.29 is 14.6 Å². The summed E-state index contributed by atoms with van der Waals surface area (Å²) in [6.07, 6.45) is -0.0592. The van der Waals surface area contributed by atoms with Crippen LogP contribution < -0.4 is 4.74 Å². The molecule has 0 radical (unpaired) electrons. The topological polar surface area (TPSA) is 46.5 Å². The number of rotatable bonds is 10. The largest absolute Gasteiger partial charge is 0.481 e. The zero-order valence-corrected chi connectivity index (χ0v) is 26.5. The molecule has 3 nitrogen and oxygen atoms in total. The summed E-state index contributed by atoms with van der Waals surface area (Å²) in [6, 6.07) is 27.3. The van der Waals surface area contributed by atoms with Crippen LogP contribution in [0.2, 0.25) is 0 Å². The van der Waals surface area contributed by atoms with E-state index in [2.05, 4.69) is 120 Å². The Bertz CT molecular complexity index is 1440. The maximum Gasteiger partial charge on any atom is 0.307 e.